The van der Waals surface area contributed by atoms with Crippen LogP contribution in [0.25, 0.3) is 0 Å². The van der Waals surface area contributed by atoms with Crippen LogP contribution < -0.4 is 11.1 Å². The Labute approximate surface area is 128 Å². The third kappa shape index (κ3) is 3.74. The Hall–Kier alpha value is -1.60. The van der Waals surface area contributed by atoms with Gasteiger partial charge in [0.1, 0.15) is 6.04 Å². The van der Waals surface area contributed by atoms with Crippen LogP contribution in [0.15, 0.2) is 17.5 Å². The van der Waals surface area contributed by atoms with E-state index < -0.39 is 11.9 Å². The maximum absolute atomic E-state index is 12.2. The van der Waals surface area contributed by atoms with E-state index in [9.17, 15) is 9.59 Å². The van der Waals surface area contributed by atoms with Gasteiger partial charge in [0.2, 0.25) is 5.91 Å². The average molecular weight is 310 g/mol. The van der Waals surface area contributed by atoms with E-state index in [-0.39, 0.29) is 12.1 Å². The number of amides is 3. The Morgan fingerprint density at radius 3 is 2.90 bits per heavy atom. The molecule has 0 bridgehead atoms. The Kier molecular flexibility index (Phi) is 5.19. The lowest BCUT2D eigenvalue weighted by atomic mass is 10.2. The highest BCUT2D eigenvalue weighted by Crippen LogP contribution is 2.23. The largest absolute Gasteiger partial charge is 0.368 e. The minimum Gasteiger partial charge on any atom is -0.368 e. The second kappa shape index (κ2) is 6.91. The molecule has 0 radical (unpaired) electrons. The fraction of sp³-hybridized carbons (Fsp3) is 0.571. The Balaban J connectivity index is 1.95. The summed E-state index contributed by atoms with van der Waals surface area (Å²) in [5, 5.41) is 4.95. The number of primary amides is 1. The average Bonchev–Trinajstić information content (AvgIpc) is 3.09. The Morgan fingerprint density at radius 1 is 1.57 bits per heavy atom. The number of hydrogen-bond donors (Lipinski definition) is 2. The monoisotopic (exact) mass is 310 g/mol. The molecule has 1 saturated heterocycles. The van der Waals surface area contributed by atoms with Crippen LogP contribution in [0.4, 0.5) is 4.79 Å². The highest BCUT2D eigenvalue weighted by atomic mass is 32.1. The third-order valence-corrected chi connectivity index (χ3v) is 4.76. The van der Waals surface area contributed by atoms with E-state index in [1.165, 1.54) is 4.88 Å². The van der Waals surface area contributed by atoms with Crippen molar-refractivity contribution < 1.29 is 9.59 Å². The maximum Gasteiger partial charge on any atom is 0.318 e. The molecule has 2 atom stereocenters. The van der Waals surface area contributed by atoms with Crippen LogP contribution in [0.2, 0.25) is 0 Å². The summed E-state index contributed by atoms with van der Waals surface area (Å²) in [6.07, 6.45) is 1.48. The van der Waals surface area contributed by atoms with E-state index >= 15 is 0 Å². The maximum atomic E-state index is 12.2. The summed E-state index contributed by atoms with van der Waals surface area (Å²) in [5.41, 5.74) is 5.34. The Bertz CT molecular complexity index is 489. The fourth-order valence-electron chi connectivity index (χ4n) is 2.61. The number of urea groups is 1. The van der Waals surface area contributed by atoms with Crippen LogP contribution >= 0.6 is 11.3 Å². The second-order valence-electron chi connectivity index (χ2n) is 5.43. The molecule has 3 N–H and O–H groups in total. The number of nitrogens with two attached hydrogens (primary N) is 1. The fourth-order valence-corrected chi connectivity index (χ4v) is 3.53. The van der Waals surface area contributed by atoms with Crippen molar-refractivity contribution in [2.45, 2.75) is 24.9 Å². The normalized spacial score (nSPS) is 19.8. The van der Waals surface area contributed by atoms with Crippen LogP contribution in [0.1, 0.15) is 23.8 Å². The zero-order valence-corrected chi connectivity index (χ0v) is 13.2. The smallest absolute Gasteiger partial charge is 0.318 e. The van der Waals surface area contributed by atoms with Crippen molar-refractivity contribution in [3.8, 4) is 0 Å². The molecule has 0 aliphatic carbocycles. The molecular formula is C14H22N4O2S. The number of hydrogen-bond acceptors (Lipinski definition) is 4. The number of likely N-dealkylation sites (tertiary alicyclic amines) is 1. The van der Waals surface area contributed by atoms with Crippen LogP contribution in [-0.4, -0.2) is 55.0 Å². The lowest BCUT2D eigenvalue weighted by Crippen LogP contribution is -2.49. The molecule has 1 aromatic heterocycles. The first-order chi connectivity index (χ1) is 10.0. The zero-order chi connectivity index (χ0) is 15.4. The van der Waals surface area contributed by atoms with Gasteiger partial charge in [-0.3, -0.25) is 4.79 Å². The minimum absolute atomic E-state index is 0.128. The molecule has 1 aromatic rings. The first kappa shape index (κ1) is 15.8. The highest BCUT2D eigenvalue weighted by molar-refractivity contribution is 7.10. The standard InChI is InChI=1S/C14H22N4O2S/c1-17(2)11(12-6-4-8-21-12)9-16-14(20)18-7-3-5-10(18)13(15)19/h4,6,8,10-11H,3,5,7,9H2,1-2H3,(H2,15,19)(H,16,20)/t10-,11-/m0/s1. The van der Waals surface area contributed by atoms with Crippen molar-refractivity contribution in [1.29, 1.82) is 0 Å². The first-order valence-electron chi connectivity index (χ1n) is 7.04. The van der Waals surface area contributed by atoms with Crippen LogP contribution in [0, 0.1) is 0 Å². The van der Waals surface area contributed by atoms with E-state index in [1.54, 1.807) is 16.2 Å². The molecule has 1 aliphatic heterocycles. The SMILES string of the molecule is CN(C)[C@@H](CNC(=O)N1CCC[C@H]1C(N)=O)c1cccs1. The molecule has 0 unspecified atom stereocenters. The van der Waals surface area contributed by atoms with Gasteiger partial charge in [-0.2, -0.15) is 0 Å². The van der Waals surface area contributed by atoms with E-state index in [1.807, 2.05) is 25.5 Å². The molecule has 6 nitrogen and oxygen atoms in total. The molecule has 116 valence electrons. The van der Waals surface area contributed by atoms with Crippen LogP contribution in [0.5, 0.6) is 0 Å². The van der Waals surface area contributed by atoms with Gasteiger partial charge < -0.3 is 20.9 Å². The summed E-state index contributed by atoms with van der Waals surface area (Å²) in [7, 11) is 3.97. The number of thiophene rings is 1. The quantitative estimate of drug-likeness (QED) is 0.852. The molecule has 3 amide bonds. The van der Waals surface area contributed by atoms with Crippen molar-refractivity contribution >= 4 is 23.3 Å². The number of likely N-dealkylation sites (N-methyl/N-ethyl adjacent to an activating group) is 1. The number of carbonyl (C=O) groups is 2. The predicted octanol–water partition coefficient (Wildman–Crippen LogP) is 1.01. The molecule has 1 aliphatic rings. The second-order valence-corrected chi connectivity index (χ2v) is 6.41. The molecule has 1 fully saturated rings. The number of nitrogens with one attached hydrogen (secondary N) is 1. The van der Waals surface area contributed by atoms with Gasteiger partial charge in [0, 0.05) is 18.0 Å². The number of nitrogens with zero attached hydrogens (tertiary/aromatic N) is 2. The summed E-state index contributed by atoms with van der Waals surface area (Å²) >= 11 is 1.67. The molecule has 0 saturated carbocycles. The van der Waals surface area contributed by atoms with Crippen molar-refractivity contribution in [2.75, 3.05) is 27.2 Å². The number of rotatable bonds is 5. The van der Waals surface area contributed by atoms with E-state index in [0.717, 1.165) is 6.42 Å². The molecule has 7 heteroatoms. The summed E-state index contributed by atoms with van der Waals surface area (Å²) < 4.78 is 0. The van der Waals surface area contributed by atoms with Crippen molar-refractivity contribution in [1.82, 2.24) is 15.1 Å². The van der Waals surface area contributed by atoms with Gasteiger partial charge in [0.05, 0.1) is 6.04 Å². The van der Waals surface area contributed by atoms with Gasteiger partial charge in [-0.15, -0.1) is 11.3 Å². The summed E-state index contributed by atoms with van der Waals surface area (Å²) in [6, 6.07) is 3.51. The van der Waals surface area contributed by atoms with Gasteiger partial charge >= 0.3 is 6.03 Å². The van der Waals surface area contributed by atoms with Gasteiger partial charge in [-0.25, -0.2) is 4.79 Å². The van der Waals surface area contributed by atoms with Crippen molar-refractivity contribution in [3.63, 3.8) is 0 Å². The van der Waals surface area contributed by atoms with E-state index in [2.05, 4.69) is 16.3 Å². The van der Waals surface area contributed by atoms with E-state index in [0.29, 0.717) is 19.5 Å². The van der Waals surface area contributed by atoms with Gasteiger partial charge in [-0.05, 0) is 38.4 Å². The highest BCUT2D eigenvalue weighted by Gasteiger charge is 2.32. The predicted molar refractivity (Wildman–Crippen MR) is 83.1 cm³/mol. The topological polar surface area (TPSA) is 78.7 Å². The molecule has 2 rings (SSSR count). The zero-order valence-electron chi connectivity index (χ0n) is 12.4. The summed E-state index contributed by atoms with van der Waals surface area (Å²) in [5.74, 6) is -0.426. The molecular weight excluding hydrogens is 288 g/mol. The van der Waals surface area contributed by atoms with Crippen molar-refractivity contribution in [3.05, 3.63) is 22.4 Å². The van der Waals surface area contributed by atoms with Gasteiger partial charge in [-0.1, -0.05) is 6.07 Å². The van der Waals surface area contributed by atoms with Gasteiger partial charge in [0.15, 0.2) is 0 Å². The van der Waals surface area contributed by atoms with Gasteiger partial charge in [0.25, 0.3) is 0 Å². The third-order valence-electron chi connectivity index (χ3n) is 3.78. The molecule has 2 heterocycles. The minimum atomic E-state index is -0.468. The first-order valence-corrected chi connectivity index (χ1v) is 7.92. The lowest BCUT2D eigenvalue weighted by molar-refractivity contribution is -0.121. The Morgan fingerprint density at radius 2 is 2.33 bits per heavy atom. The van der Waals surface area contributed by atoms with Crippen LogP contribution in [-0.2, 0) is 4.79 Å². The lowest BCUT2D eigenvalue weighted by Gasteiger charge is -2.27. The van der Waals surface area contributed by atoms with E-state index in [4.69, 9.17) is 5.73 Å². The van der Waals surface area contributed by atoms with Crippen molar-refractivity contribution in [2.24, 2.45) is 5.73 Å². The summed E-state index contributed by atoms with van der Waals surface area (Å²) in [4.78, 5) is 28.4. The number of carbonyl (C=O) groups excluding carboxylic acids is 2. The van der Waals surface area contributed by atoms with Crippen LogP contribution in [0.3, 0.4) is 0 Å². The molecule has 21 heavy (non-hydrogen) atoms. The molecule has 0 aromatic carbocycles. The molecule has 0 spiro atoms. The summed E-state index contributed by atoms with van der Waals surface area (Å²) in [6.45, 7) is 1.10.